The Bertz CT molecular complexity index is 270. The molecule has 1 atom stereocenters. The number of nitrogens with zero attached hydrogens (tertiary/aromatic N) is 1. The molecule has 17 heavy (non-hydrogen) atoms. The maximum Gasteiger partial charge on any atom is 0.223 e. The molecule has 2 N–H and O–H groups in total. The van der Waals surface area contributed by atoms with Crippen LogP contribution in [0.3, 0.4) is 0 Å². The van der Waals surface area contributed by atoms with Gasteiger partial charge in [0.05, 0.1) is 19.1 Å². The molecule has 98 valence electrons. The van der Waals surface area contributed by atoms with Crippen molar-refractivity contribution in [3.63, 3.8) is 0 Å². The van der Waals surface area contributed by atoms with E-state index in [1.807, 2.05) is 0 Å². The zero-order valence-corrected chi connectivity index (χ0v) is 10.2. The van der Waals surface area contributed by atoms with Crippen LogP contribution in [0.15, 0.2) is 0 Å². The van der Waals surface area contributed by atoms with Crippen molar-refractivity contribution < 1.29 is 19.1 Å². The third-order valence-electron chi connectivity index (χ3n) is 2.77. The Morgan fingerprint density at radius 3 is 2.82 bits per heavy atom. The molecule has 2 amide bonds. The SMILES string of the molecule is COCCOCCCN1CC(C(N)=O)CC1=O. The van der Waals surface area contributed by atoms with Gasteiger partial charge in [0.15, 0.2) is 0 Å². The van der Waals surface area contributed by atoms with Crippen LogP contribution < -0.4 is 5.73 Å². The van der Waals surface area contributed by atoms with E-state index in [2.05, 4.69) is 0 Å². The monoisotopic (exact) mass is 244 g/mol. The minimum absolute atomic E-state index is 0.00527. The van der Waals surface area contributed by atoms with Crippen molar-refractivity contribution in [2.75, 3.05) is 40.0 Å². The molecule has 1 heterocycles. The normalized spacial score (nSPS) is 19.9. The summed E-state index contributed by atoms with van der Waals surface area (Å²) in [7, 11) is 1.62. The quantitative estimate of drug-likeness (QED) is 0.576. The average molecular weight is 244 g/mol. The number of ether oxygens (including phenoxy) is 2. The number of primary amides is 1. The van der Waals surface area contributed by atoms with Crippen LogP contribution in [0.4, 0.5) is 0 Å². The average Bonchev–Trinajstić information content (AvgIpc) is 2.65. The van der Waals surface area contributed by atoms with Crippen LogP contribution in [0, 0.1) is 5.92 Å². The molecule has 6 nitrogen and oxygen atoms in total. The van der Waals surface area contributed by atoms with Gasteiger partial charge in [-0.05, 0) is 6.42 Å². The fourth-order valence-electron chi connectivity index (χ4n) is 1.78. The molecule has 0 aromatic rings. The van der Waals surface area contributed by atoms with Gasteiger partial charge in [0.25, 0.3) is 0 Å². The Kier molecular flexibility index (Phi) is 5.93. The Morgan fingerprint density at radius 2 is 2.24 bits per heavy atom. The zero-order valence-electron chi connectivity index (χ0n) is 10.2. The highest BCUT2D eigenvalue weighted by molar-refractivity contribution is 5.88. The fraction of sp³-hybridized carbons (Fsp3) is 0.818. The molecule has 0 radical (unpaired) electrons. The van der Waals surface area contributed by atoms with Crippen molar-refractivity contribution in [3.05, 3.63) is 0 Å². The molecular weight excluding hydrogens is 224 g/mol. The summed E-state index contributed by atoms with van der Waals surface area (Å²) in [6.07, 6.45) is 1.01. The first-order chi connectivity index (χ1) is 8.15. The van der Waals surface area contributed by atoms with E-state index in [1.165, 1.54) is 0 Å². The Balaban J connectivity index is 2.11. The van der Waals surface area contributed by atoms with Crippen LogP contribution in [0.1, 0.15) is 12.8 Å². The van der Waals surface area contributed by atoms with Gasteiger partial charge in [0.2, 0.25) is 11.8 Å². The van der Waals surface area contributed by atoms with E-state index >= 15 is 0 Å². The summed E-state index contributed by atoms with van der Waals surface area (Å²) in [6, 6.07) is 0. The van der Waals surface area contributed by atoms with Gasteiger partial charge in [-0.25, -0.2) is 0 Å². The lowest BCUT2D eigenvalue weighted by Gasteiger charge is -2.15. The van der Waals surface area contributed by atoms with Crippen LogP contribution in [-0.4, -0.2) is 56.7 Å². The van der Waals surface area contributed by atoms with Crippen molar-refractivity contribution >= 4 is 11.8 Å². The third-order valence-corrected chi connectivity index (χ3v) is 2.77. The summed E-state index contributed by atoms with van der Waals surface area (Å²) in [5.41, 5.74) is 5.18. The predicted molar refractivity (Wildman–Crippen MR) is 61.2 cm³/mol. The smallest absolute Gasteiger partial charge is 0.223 e. The lowest BCUT2D eigenvalue weighted by molar-refractivity contribution is -0.128. The van der Waals surface area contributed by atoms with E-state index in [-0.39, 0.29) is 18.2 Å². The molecule has 0 saturated carbocycles. The van der Waals surface area contributed by atoms with E-state index in [9.17, 15) is 9.59 Å². The van der Waals surface area contributed by atoms with Crippen molar-refractivity contribution in [2.45, 2.75) is 12.8 Å². The molecule has 1 unspecified atom stereocenters. The number of methoxy groups -OCH3 is 1. The summed E-state index contributed by atoms with van der Waals surface area (Å²) in [5.74, 6) is -0.709. The number of carbonyl (C=O) groups is 2. The van der Waals surface area contributed by atoms with Gasteiger partial charge >= 0.3 is 0 Å². The van der Waals surface area contributed by atoms with Gasteiger partial charge < -0.3 is 20.1 Å². The second-order valence-corrected chi connectivity index (χ2v) is 4.10. The molecule has 1 fully saturated rings. The van der Waals surface area contributed by atoms with E-state index in [0.717, 1.165) is 6.42 Å². The van der Waals surface area contributed by atoms with Crippen molar-refractivity contribution in [1.29, 1.82) is 0 Å². The Hall–Kier alpha value is -1.14. The minimum Gasteiger partial charge on any atom is -0.382 e. The summed E-state index contributed by atoms with van der Waals surface area (Å²) in [5, 5.41) is 0. The van der Waals surface area contributed by atoms with Crippen LogP contribution in [-0.2, 0) is 19.1 Å². The largest absolute Gasteiger partial charge is 0.382 e. The molecule has 1 aliphatic rings. The summed E-state index contributed by atoms with van der Waals surface area (Å²) < 4.78 is 10.1. The lowest BCUT2D eigenvalue weighted by atomic mass is 10.1. The molecule has 1 aliphatic heterocycles. The van der Waals surface area contributed by atoms with E-state index in [0.29, 0.717) is 32.9 Å². The zero-order chi connectivity index (χ0) is 12.7. The highest BCUT2D eigenvalue weighted by Gasteiger charge is 2.32. The summed E-state index contributed by atoms with van der Waals surface area (Å²) in [4.78, 5) is 24.1. The standard InChI is InChI=1S/C11H20N2O4/c1-16-5-6-17-4-2-3-13-8-9(11(12)15)7-10(13)14/h9H,2-8H2,1H3,(H2,12,15). The first-order valence-electron chi connectivity index (χ1n) is 5.79. The first kappa shape index (κ1) is 13.9. The molecular formula is C11H20N2O4. The second kappa shape index (κ2) is 7.24. The number of hydrogen-bond donors (Lipinski definition) is 1. The second-order valence-electron chi connectivity index (χ2n) is 4.10. The molecule has 1 rings (SSSR count). The molecule has 1 saturated heterocycles. The van der Waals surface area contributed by atoms with Gasteiger partial charge in [-0.3, -0.25) is 9.59 Å². The topological polar surface area (TPSA) is 81.9 Å². The number of hydrogen-bond acceptors (Lipinski definition) is 4. The van der Waals surface area contributed by atoms with E-state index in [4.69, 9.17) is 15.2 Å². The Morgan fingerprint density at radius 1 is 1.47 bits per heavy atom. The number of nitrogens with two attached hydrogens (primary N) is 1. The lowest BCUT2D eigenvalue weighted by Crippen LogP contribution is -2.29. The maximum atomic E-state index is 11.5. The molecule has 0 aromatic heterocycles. The van der Waals surface area contributed by atoms with Gasteiger partial charge in [-0.2, -0.15) is 0 Å². The van der Waals surface area contributed by atoms with E-state index < -0.39 is 5.91 Å². The van der Waals surface area contributed by atoms with E-state index in [1.54, 1.807) is 12.0 Å². The first-order valence-corrected chi connectivity index (χ1v) is 5.79. The van der Waals surface area contributed by atoms with Crippen LogP contribution in [0.2, 0.25) is 0 Å². The molecule has 0 aromatic carbocycles. The summed E-state index contributed by atoms with van der Waals surface area (Å²) in [6.45, 7) is 2.80. The van der Waals surface area contributed by atoms with Crippen LogP contribution in [0.5, 0.6) is 0 Å². The fourth-order valence-corrected chi connectivity index (χ4v) is 1.78. The van der Waals surface area contributed by atoms with Crippen LogP contribution >= 0.6 is 0 Å². The number of carbonyl (C=O) groups excluding carboxylic acids is 2. The highest BCUT2D eigenvalue weighted by atomic mass is 16.5. The van der Waals surface area contributed by atoms with Crippen LogP contribution in [0.25, 0.3) is 0 Å². The molecule has 0 spiro atoms. The van der Waals surface area contributed by atoms with Crippen molar-refractivity contribution in [2.24, 2.45) is 11.7 Å². The third kappa shape index (κ3) is 4.70. The molecule has 6 heteroatoms. The van der Waals surface area contributed by atoms with Gasteiger partial charge in [0, 0.05) is 33.2 Å². The number of rotatable bonds is 8. The number of likely N-dealkylation sites (tertiary alicyclic amines) is 1. The van der Waals surface area contributed by atoms with Crippen molar-refractivity contribution in [1.82, 2.24) is 4.90 Å². The molecule has 0 aliphatic carbocycles. The van der Waals surface area contributed by atoms with Gasteiger partial charge in [0.1, 0.15) is 0 Å². The van der Waals surface area contributed by atoms with Gasteiger partial charge in [-0.15, -0.1) is 0 Å². The minimum atomic E-state index is -0.391. The number of amides is 2. The highest BCUT2D eigenvalue weighted by Crippen LogP contribution is 2.17. The maximum absolute atomic E-state index is 11.5. The molecule has 0 bridgehead atoms. The van der Waals surface area contributed by atoms with Gasteiger partial charge in [-0.1, -0.05) is 0 Å². The Labute approximate surface area is 101 Å². The predicted octanol–water partition coefficient (Wildman–Crippen LogP) is -0.627. The van der Waals surface area contributed by atoms with Crippen molar-refractivity contribution in [3.8, 4) is 0 Å². The summed E-state index contributed by atoms with van der Waals surface area (Å²) >= 11 is 0.